The number of piperazine rings is 1. The second-order valence-corrected chi connectivity index (χ2v) is 10.6. The Hall–Kier alpha value is -3.50. The first-order valence-electron chi connectivity index (χ1n) is 11.5. The van der Waals surface area contributed by atoms with Crippen LogP contribution in [-0.4, -0.2) is 61.0 Å². The largest absolute Gasteiger partial charge is 0.472 e. The zero-order valence-corrected chi connectivity index (χ0v) is 20.6. The lowest BCUT2D eigenvalue weighted by molar-refractivity contribution is 0.0389. The number of hydrogen-bond acceptors (Lipinski definition) is 7. The highest BCUT2D eigenvalue weighted by atomic mass is 32.2. The molecule has 2 atom stereocenters. The minimum absolute atomic E-state index is 0.0362. The molecule has 2 aliphatic rings. The molecule has 2 unspecified atom stereocenters. The number of amides is 1. The number of fused-ring (bicyclic) bond motifs is 5. The molecule has 2 N–H and O–H groups in total. The van der Waals surface area contributed by atoms with Crippen LogP contribution in [0.3, 0.4) is 0 Å². The van der Waals surface area contributed by atoms with Gasteiger partial charge in [0.25, 0.3) is 15.9 Å². The van der Waals surface area contributed by atoms with Crippen LogP contribution in [0.5, 0.6) is 5.88 Å². The van der Waals surface area contributed by atoms with Crippen molar-refractivity contribution >= 4 is 21.9 Å². The molecule has 0 saturated carbocycles. The van der Waals surface area contributed by atoms with Crippen LogP contribution in [0.1, 0.15) is 28.4 Å². The number of aromatic nitrogens is 2. The summed E-state index contributed by atoms with van der Waals surface area (Å²) < 4.78 is 35.2. The van der Waals surface area contributed by atoms with Gasteiger partial charge in [-0.25, -0.2) is 18.1 Å². The number of rotatable bonds is 1. The number of ether oxygens (including phenoxy) is 1. The van der Waals surface area contributed by atoms with Crippen molar-refractivity contribution in [2.24, 2.45) is 0 Å². The molecule has 1 amide bonds. The van der Waals surface area contributed by atoms with Crippen LogP contribution in [-0.2, 0) is 10.0 Å². The van der Waals surface area contributed by atoms with Gasteiger partial charge in [0.1, 0.15) is 6.10 Å². The number of sulfonamides is 1. The molecule has 5 rings (SSSR count). The first kappa shape index (κ1) is 23.3. The lowest BCUT2D eigenvalue weighted by Crippen LogP contribution is -2.58. The zero-order chi connectivity index (χ0) is 24.7. The van der Waals surface area contributed by atoms with Crippen LogP contribution < -0.4 is 14.8 Å². The summed E-state index contributed by atoms with van der Waals surface area (Å²) in [5, 5.41) is 3.32. The molecule has 10 heteroatoms. The van der Waals surface area contributed by atoms with Crippen molar-refractivity contribution in [2.75, 3.05) is 24.4 Å². The quantitative estimate of drug-likeness (QED) is 0.536. The van der Waals surface area contributed by atoms with Crippen molar-refractivity contribution in [3.8, 4) is 17.1 Å². The summed E-state index contributed by atoms with van der Waals surface area (Å²) in [5.41, 5.74) is 3.73. The lowest BCUT2D eigenvalue weighted by Gasteiger charge is -2.39. The van der Waals surface area contributed by atoms with Gasteiger partial charge in [-0.15, -0.1) is 0 Å². The summed E-state index contributed by atoms with van der Waals surface area (Å²) >= 11 is 0. The van der Waals surface area contributed by atoms with Gasteiger partial charge in [0.2, 0.25) is 11.8 Å². The van der Waals surface area contributed by atoms with Gasteiger partial charge in [-0.2, -0.15) is 4.98 Å². The summed E-state index contributed by atoms with van der Waals surface area (Å²) in [6, 6.07) is 13.4. The molecule has 1 aromatic heterocycles. The smallest absolute Gasteiger partial charge is 0.264 e. The van der Waals surface area contributed by atoms with Gasteiger partial charge in [0.05, 0.1) is 16.6 Å². The molecule has 1 saturated heterocycles. The molecule has 9 nitrogen and oxygen atoms in total. The number of carbonyl (C=O) groups excluding carboxylic acids is 1. The maximum atomic E-state index is 13.4. The van der Waals surface area contributed by atoms with E-state index >= 15 is 0 Å². The average molecular weight is 494 g/mol. The second kappa shape index (κ2) is 8.94. The van der Waals surface area contributed by atoms with E-state index in [-0.39, 0.29) is 28.7 Å². The standard InChI is InChI=1S/C25H27N5O4S/c1-15-6-4-7-16(2)23(15)20-13-22-28-25(27-20)29-35(32,33)19-9-5-8-18(12-19)24(31)30-11-10-26-14-21(30)17(3)34-22/h4-9,12-13,17,21,26H,10-11,14H2,1-3H3,(H,27,28,29). The highest BCUT2D eigenvalue weighted by Gasteiger charge is 2.34. The van der Waals surface area contributed by atoms with Crippen LogP contribution in [0, 0.1) is 13.8 Å². The topological polar surface area (TPSA) is 114 Å². The van der Waals surface area contributed by atoms with E-state index in [2.05, 4.69) is 20.0 Å². The molecule has 3 aromatic rings. The van der Waals surface area contributed by atoms with Crippen molar-refractivity contribution in [1.29, 1.82) is 0 Å². The predicted octanol–water partition coefficient (Wildman–Crippen LogP) is 2.76. The highest BCUT2D eigenvalue weighted by molar-refractivity contribution is 7.92. The first-order valence-corrected chi connectivity index (χ1v) is 13.0. The maximum Gasteiger partial charge on any atom is 0.264 e. The maximum absolute atomic E-state index is 13.4. The number of aryl methyl sites for hydroxylation is 2. The second-order valence-electron chi connectivity index (χ2n) is 8.91. The molecule has 0 spiro atoms. The van der Waals surface area contributed by atoms with E-state index < -0.39 is 16.1 Å². The van der Waals surface area contributed by atoms with Gasteiger partial charge >= 0.3 is 0 Å². The first-order chi connectivity index (χ1) is 16.7. The Labute approximate surface area is 204 Å². The van der Waals surface area contributed by atoms with E-state index in [1.165, 1.54) is 12.1 Å². The van der Waals surface area contributed by atoms with Gasteiger partial charge in [-0.1, -0.05) is 24.3 Å². The Morgan fingerprint density at radius 2 is 1.80 bits per heavy atom. The number of benzene rings is 2. The monoisotopic (exact) mass is 493 g/mol. The van der Waals surface area contributed by atoms with E-state index in [9.17, 15) is 13.2 Å². The Morgan fingerprint density at radius 3 is 2.57 bits per heavy atom. The molecule has 0 radical (unpaired) electrons. The van der Waals surface area contributed by atoms with Crippen LogP contribution in [0.15, 0.2) is 53.4 Å². The summed E-state index contributed by atoms with van der Waals surface area (Å²) in [7, 11) is -4.06. The van der Waals surface area contributed by atoms with Crippen molar-refractivity contribution in [3.05, 3.63) is 65.2 Å². The van der Waals surface area contributed by atoms with Gasteiger partial charge in [0, 0.05) is 36.8 Å². The summed E-state index contributed by atoms with van der Waals surface area (Å²) in [6.45, 7) is 7.51. The number of nitrogens with one attached hydrogen (secondary N) is 2. The Balaban J connectivity index is 1.69. The van der Waals surface area contributed by atoms with E-state index in [4.69, 9.17) is 4.74 Å². The third kappa shape index (κ3) is 4.46. The minimum atomic E-state index is -4.06. The SMILES string of the molecule is Cc1cccc(C)c1-c1cc2nc(n1)NS(=O)(=O)c1cccc(c1)C(=O)N1CCNCC1C(C)O2. The molecule has 2 aromatic carbocycles. The Morgan fingerprint density at radius 1 is 1.06 bits per heavy atom. The van der Waals surface area contributed by atoms with Crippen molar-refractivity contribution < 1.29 is 17.9 Å². The number of nitrogens with zero attached hydrogens (tertiary/aromatic N) is 3. The highest BCUT2D eigenvalue weighted by Crippen LogP contribution is 2.30. The van der Waals surface area contributed by atoms with Gasteiger partial charge in [-0.3, -0.25) is 4.79 Å². The molecule has 2 aliphatic heterocycles. The fourth-order valence-corrected chi connectivity index (χ4v) is 5.67. The number of hydrogen-bond donors (Lipinski definition) is 2. The van der Waals surface area contributed by atoms with Crippen LogP contribution in [0.2, 0.25) is 0 Å². The fourth-order valence-electron chi connectivity index (χ4n) is 4.68. The Kier molecular flexibility index (Phi) is 5.94. The van der Waals surface area contributed by atoms with Crippen molar-refractivity contribution in [2.45, 2.75) is 37.8 Å². The van der Waals surface area contributed by atoms with E-state index in [1.807, 2.05) is 39.0 Å². The molecule has 182 valence electrons. The van der Waals surface area contributed by atoms with Gasteiger partial charge < -0.3 is 15.0 Å². The van der Waals surface area contributed by atoms with Crippen LogP contribution in [0.25, 0.3) is 11.3 Å². The molecule has 3 heterocycles. The lowest BCUT2D eigenvalue weighted by atomic mass is 10.00. The molecule has 1 fully saturated rings. The molecular formula is C25H27N5O4S. The third-order valence-corrected chi connectivity index (χ3v) is 7.78. The van der Waals surface area contributed by atoms with E-state index in [0.29, 0.717) is 30.9 Å². The average Bonchev–Trinajstić information content (AvgIpc) is 2.83. The molecule has 4 bridgehead atoms. The third-order valence-electron chi connectivity index (χ3n) is 6.45. The van der Waals surface area contributed by atoms with Crippen LogP contribution >= 0.6 is 0 Å². The normalized spacial score (nSPS) is 21.5. The summed E-state index contributed by atoms with van der Waals surface area (Å²) in [4.78, 5) is 24.0. The van der Waals surface area contributed by atoms with E-state index in [1.54, 1.807) is 23.1 Å². The van der Waals surface area contributed by atoms with Gasteiger partial charge in [-0.05, 0) is 50.1 Å². The number of anilines is 1. The van der Waals surface area contributed by atoms with Crippen molar-refractivity contribution in [1.82, 2.24) is 20.2 Å². The van der Waals surface area contributed by atoms with Crippen molar-refractivity contribution in [3.63, 3.8) is 0 Å². The molecule has 35 heavy (non-hydrogen) atoms. The number of carbonyl (C=O) groups is 1. The predicted molar refractivity (Wildman–Crippen MR) is 132 cm³/mol. The Bertz CT molecular complexity index is 1390. The molecular weight excluding hydrogens is 466 g/mol. The fraction of sp³-hybridized carbons (Fsp3) is 0.320. The molecule has 0 aliphatic carbocycles. The van der Waals surface area contributed by atoms with Gasteiger partial charge in [0.15, 0.2) is 0 Å². The summed E-state index contributed by atoms with van der Waals surface area (Å²) in [5.74, 6) is -0.106. The summed E-state index contributed by atoms with van der Waals surface area (Å²) in [6.07, 6.45) is -0.416. The van der Waals surface area contributed by atoms with Crippen LogP contribution in [0.4, 0.5) is 5.95 Å². The van der Waals surface area contributed by atoms with E-state index in [0.717, 1.165) is 16.7 Å². The zero-order valence-electron chi connectivity index (χ0n) is 19.8. The minimum Gasteiger partial charge on any atom is -0.472 e.